The molecule has 170 valence electrons. The Morgan fingerprint density at radius 3 is 2.10 bits per heavy atom. The predicted octanol–water partition coefficient (Wildman–Crippen LogP) is 2.85. The summed E-state index contributed by atoms with van der Waals surface area (Å²) in [4.78, 5) is -0.776. The molecule has 0 aromatic heterocycles. The number of sulfonamides is 2. The minimum atomic E-state index is -4.82. The van der Waals surface area contributed by atoms with Gasteiger partial charge in [-0.3, -0.25) is 0 Å². The summed E-state index contributed by atoms with van der Waals surface area (Å²) in [6, 6.07) is 9.12. The minimum Gasteiger partial charge on any atom is -0.497 e. The zero-order valence-electron chi connectivity index (χ0n) is 16.5. The molecular formula is C19H21F3N2O5S2. The van der Waals surface area contributed by atoms with Gasteiger partial charge in [0.25, 0.3) is 0 Å². The van der Waals surface area contributed by atoms with E-state index in [4.69, 9.17) is 4.74 Å². The number of nitrogens with zero attached hydrogens (tertiary/aromatic N) is 1. The highest BCUT2D eigenvalue weighted by atomic mass is 32.2. The molecule has 0 bridgehead atoms. The molecule has 1 aliphatic heterocycles. The molecule has 31 heavy (non-hydrogen) atoms. The summed E-state index contributed by atoms with van der Waals surface area (Å²) in [6.45, 7) is 0.0605. The van der Waals surface area contributed by atoms with Crippen molar-refractivity contribution >= 4 is 20.0 Å². The second-order valence-corrected chi connectivity index (χ2v) is 10.6. The van der Waals surface area contributed by atoms with E-state index in [0.29, 0.717) is 11.8 Å². The van der Waals surface area contributed by atoms with Crippen LogP contribution in [0, 0.1) is 0 Å². The molecule has 1 heterocycles. The Bertz CT molecular complexity index is 1130. The average Bonchev–Trinajstić information content (AvgIpc) is 2.73. The van der Waals surface area contributed by atoms with Crippen LogP contribution < -0.4 is 9.46 Å². The molecule has 2 aromatic rings. The Kier molecular flexibility index (Phi) is 6.65. The van der Waals surface area contributed by atoms with E-state index < -0.39 is 42.7 Å². The first-order valence-corrected chi connectivity index (χ1v) is 12.2. The highest BCUT2D eigenvalue weighted by Gasteiger charge is 2.38. The van der Waals surface area contributed by atoms with Crippen LogP contribution in [0.2, 0.25) is 0 Å². The number of alkyl halides is 3. The number of piperidine rings is 1. The zero-order chi connectivity index (χ0) is 22.9. The molecule has 12 heteroatoms. The smallest absolute Gasteiger partial charge is 0.417 e. The van der Waals surface area contributed by atoms with Gasteiger partial charge >= 0.3 is 6.18 Å². The quantitative estimate of drug-likeness (QED) is 0.689. The normalized spacial score (nSPS) is 16.9. The first-order chi connectivity index (χ1) is 14.4. The lowest BCUT2D eigenvalue weighted by Crippen LogP contribution is -2.46. The molecule has 0 spiro atoms. The summed E-state index contributed by atoms with van der Waals surface area (Å²) in [7, 11) is -6.76. The molecule has 0 radical (unpaired) electrons. The van der Waals surface area contributed by atoms with Crippen LogP contribution in [0.1, 0.15) is 18.4 Å². The van der Waals surface area contributed by atoms with Crippen molar-refractivity contribution in [1.82, 2.24) is 9.03 Å². The van der Waals surface area contributed by atoms with Gasteiger partial charge in [-0.25, -0.2) is 21.6 Å². The fourth-order valence-electron chi connectivity index (χ4n) is 3.33. The maximum atomic E-state index is 13.2. The number of rotatable bonds is 6. The van der Waals surface area contributed by atoms with E-state index in [1.54, 1.807) is 0 Å². The largest absolute Gasteiger partial charge is 0.497 e. The Morgan fingerprint density at radius 2 is 1.55 bits per heavy atom. The number of hydrogen-bond acceptors (Lipinski definition) is 5. The summed E-state index contributed by atoms with van der Waals surface area (Å²) in [6.07, 6.45) is -4.56. The van der Waals surface area contributed by atoms with Crippen LogP contribution >= 0.6 is 0 Å². The van der Waals surface area contributed by atoms with Gasteiger partial charge in [-0.1, -0.05) is 12.1 Å². The van der Waals surface area contributed by atoms with Gasteiger partial charge in [0.1, 0.15) is 5.75 Å². The van der Waals surface area contributed by atoms with Gasteiger partial charge in [0.2, 0.25) is 20.0 Å². The van der Waals surface area contributed by atoms with Crippen LogP contribution in [-0.2, 0) is 26.2 Å². The lowest BCUT2D eigenvalue weighted by molar-refractivity contribution is -0.139. The third kappa shape index (κ3) is 5.20. The molecule has 7 nitrogen and oxygen atoms in total. The monoisotopic (exact) mass is 478 g/mol. The van der Waals surface area contributed by atoms with Crippen LogP contribution in [0.5, 0.6) is 5.75 Å². The summed E-state index contributed by atoms with van der Waals surface area (Å²) in [5.74, 6) is 0.506. The van der Waals surface area contributed by atoms with Crippen molar-refractivity contribution in [3.63, 3.8) is 0 Å². The van der Waals surface area contributed by atoms with E-state index in [1.807, 2.05) is 0 Å². The molecular weight excluding hydrogens is 457 g/mol. The molecule has 0 saturated carbocycles. The number of hydrogen-bond donors (Lipinski definition) is 1. The molecule has 0 unspecified atom stereocenters. The number of benzene rings is 2. The van der Waals surface area contributed by atoms with Crippen molar-refractivity contribution in [2.75, 3.05) is 20.2 Å². The van der Waals surface area contributed by atoms with Gasteiger partial charge in [-0.15, -0.1) is 0 Å². The molecule has 0 aliphatic carbocycles. The van der Waals surface area contributed by atoms with E-state index in [1.165, 1.54) is 41.7 Å². The third-order valence-electron chi connectivity index (χ3n) is 4.95. The van der Waals surface area contributed by atoms with Crippen LogP contribution in [0.25, 0.3) is 0 Å². The standard InChI is InChI=1S/C19H21F3N2O5S2/c1-29-15-6-8-16(9-7-15)31(27,28)24-12-10-14(11-13-24)23-30(25,26)18-5-3-2-4-17(18)19(20,21)22/h2-9,14,23H,10-13H2,1H3. The maximum absolute atomic E-state index is 13.2. The van der Waals surface area contributed by atoms with E-state index in [2.05, 4.69) is 4.72 Å². The maximum Gasteiger partial charge on any atom is 0.417 e. The van der Waals surface area contributed by atoms with Gasteiger partial charge in [0.05, 0.1) is 22.5 Å². The SMILES string of the molecule is COc1ccc(S(=O)(=O)N2CCC(NS(=O)(=O)c3ccccc3C(F)(F)F)CC2)cc1. The molecule has 1 saturated heterocycles. The Morgan fingerprint density at radius 1 is 0.968 bits per heavy atom. The summed E-state index contributed by atoms with van der Waals surface area (Å²) < 4.78 is 98.7. The fourth-order valence-corrected chi connectivity index (χ4v) is 6.33. The van der Waals surface area contributed by atoms with E-state index in [9.17, 15) is 30.0 Å². The Labute approximate surface area is 178 Å². The number of methoxy groups -OCH3 is 1. The first kappa shape index (κ1) is 23.5. The van der Waals surface area contributed by atoms with Crippen molar-refractivity contribution in [2.24, 2.45) is 0 Å². The molecule has 1 fully saturated rings. The predicted molar refractivity (Wildman–Crippen MR) is 107 cm³/mol. The average molecular weight is 479 g/mol. The lowest BCUT2D eigenvalue weighted by Gasteiger charge is -2.31. The van der Waals surface area contributed by atoms with Crippen molar-refractivity contribution in [3.05, 3.63) is 54.1 Å². The van der Waals surface area contributed by atoms with E-state index in [-0.39, 0.29) is 30.8 Å². The highest BCUT2D eigenvalue weighted by Crippen LogP contribution is 2.34. The molecule has 0 atom stereocenters. The Balaban J connectivity index is 1.70. The van der Waals surface area contributed by atoms with Gasteiger partial charge in [-0.2, -0.15) is 17.5 Å². The second kappa shape index (κ2) is 8.77. The van der Waals surface area contributed by atoms with Crippen molar-refractivity contribution < 1.29 is 34.7 Å². The topological polar surface area (TPSA) is 92.8 Å². The van der Waals surface area contributed by atoms with Gasteiger partial charge in [-0.05, 0) is 49.2 Å². The van der Waals surface area contributed by atoms with Crippen molar-refractivity contribution in [2.45, 2.75) is 34.9 Å². The minimum absolute atomic E-state index is 0.0302. The lowest BCUT2D eigenvalue weighted by atomic mass is 10.1. The molecule has 3 rings (SSSR count). The molecule has 0 amide bonds. The first-order valence-electron chi connectivity index (χ1n) is 9.28. The van der Waals surface area contributed by atoms with Crippen LogP contribution in [-0.4, -0.2) is 47.4 Å². The number of nitrogens with one attached hydrogen (secondary N) is 1. The van der Waals surface area contributed by atoms with Crippen LogP contribution in [0.15, 0.2) is 58.3 Å². The number of ether oxygens (including phenoxy) is 1. The van der Waals surface area contributed by atoms with Gasteiger partial charge < -0.3 is 4.74 Å². The summed E-state index contributed by atoms with van der Waals surface area (Å²) in [5, 5.41) is 0. The third-order valence-corrected chi connectivity index (χ3v) is 8.45. The summed E-state index contributed by atoms with van der Waals surface area (Å²) in [5.41, 5.74) is -1.25. The van der Waals surface area contributed by atoms with Crippen LogP contribution in [0.4, 0.5) is 13.2 Å². The molecule has 2 aromatic carbocycles. The van der Waals surface area contributed by atoms with E-state index in [0.717, 1.165) is 12.1 Å². The molecule has 1 aliphatic rings. The number of halogens is 3. The van der Waals surface area contributed by atoms with Gasteiger partial charge in [0, 0.05) is 19.1 Å². The molecule has 1 N–H and O–H groups in total. The van der Waals surface area contributed by atoms with Crippen molar-refractivity contribution in [1.29, 1.82) is 0 Å². The highest BCUT2D eigenvalue weighted by molar-refractivity contribution is 7.89. The Hall–Kier alpha value is -2.15. The van der Waals surface area contributed by atoms with Crippen molar-refractivity contribution in [3.8, 4) is 5.75 Å². The van der Waals surface area contributed by atoms with E-state index >= 15 is 0 Å². The fraction of sp³-hybridized carbons (Fsp3) is 0.368. The zero-order valence-corrected chi connectivity index (χ0v) is 18.1. The van der Waals surface area contributed by atoms with Crippen LogP contribution in [0.3, 0.4) is 0 Å². The summed E-state index contributed by atoms with van der Waals surface area (Å²) >= 11 is 0. The van der Waals surface area contributed by atoms with Gasteiger partial charge in [0.15, 0.2) is 0 Å². The second-order valence-electron chi connectivity index (χ2n) is 6.97.